The molecule has 0 atom stereocenters. The highest BCUT2D eigenvalue weighted by molar-refractivity contribution is 7.00. The van der Waals surface area contributed by atoms with Crippen LogP contribution in [0.15, 0.2) is 97.1 Å². The Balaban J connectivity index is 1.53. The van der Waals surface area contributed by atoms with Gasteiger partial charge in [-0.25, -0.2) is 0 Å². The molecule has 0 fully saturated rings. The molecule has 38 heavy (non-hydrogen) atoms. The van der Waals surface area contributed by atoms with Crippen LogP contribution in [-0.4, -0.2) is 11.3 Å². The maximum Gasteiger partial charge on any atom is 0.248 e. The van der Waals surface area contributed by atoms with Crippen LogP contribution in [0.4, 0.5) is 0 Å². The fourth-order valence-corrected chi connectivity index (χ4v) is 8.29. The Bertz CT molecular complexity index is 2010. The van der Waals surface area contributed by atoms with E-state index < -0.39 is 0 Å². The highest BCUT2D eigenvalue weighted by Crippen LogP contribution is 2.46. The van der Waals surface area contributed by atoms with Gasteiger partial charge in [0.15, 0.2) is 0 Å². The van der Waals surface area contributed by atoms with Gasteiger partial charge < -0.3 is 4.57 Å². The van der Waals surface area contributed by atoms with Gasteiger partial charge in [-0.05, 0) is 56.4 Å². The monoisotopic (exact) mass is 485 g/mol. The Morgan fingerprint density at radius 3 is 1.97 bits per heavy atom. The Kier molecular flexibility index (Phi) is 3.59. The van der Waals surface area contributed by atoms with Crippen molar-refractivity contribution in [1.82, 2.24) is 4.57 Å². The van der Waals surface area contributed by atoms with E-state index in [1.165, 1.54) is 71.8 Å². The van der Waals surface area contributed by atoms with Crippen LogP contribution in [0.1, 0.15) is 49.9 Å². The fraction of sp³-hybridized carbons (Fsp3) is 0.167. The van der Waals surface area contributed by atoms with E-state index in [1.54, 1.807) is 5.46 Å². The first-order valence-corrected chi connectivity index (χ1v) is 13.8. The molecule has 0 spiro atoms. The molecule has 0 bridgehead atoms. The fourth-order valence-electron chi connectivity index (χ4n) is 8.29. The van der Waals surface area contributed by atoms with E-state index in [0.29, 0.717) is 0 Å². The lowest BCUT2D eigenvalue weighted by Crippen LogP contribution is -2.68. The third kappa shape index (κ3) is 2.20. The zero-order valence-electron chi connectivity index (χ0n) is 22.3. The molecule has 3 aliphatic heterocycles. The summed E-state index contributed by atoms with van der Waals surface area (Å²) in [6.07, 6.45) is 0. The minimum Gasteiger partial charge on any atom is -0.310 e. The molecule has 1 aromatic heterocycles. The van der Waals surface area contributed by atoms with Gasteiger partial charge in [0.05, 0.1) is 5.52 Å². The number of hydrogen-bond donors (Lipinski definition) is 0. The molecule has 3 aliphatic rings. The van der Waals surface area contributed by atoms with E-state index >= 15 is 0 Å². The predicted octanol–water partition coefficient (Wildman–Crippen LogP) is 6.56. The van der Waals surface area contributed by atoms with E-state index in [4.69, 9.17) is 0 Å². The summed E-state index contributed by atoms with van der Waals surface area (Å²) in [6.45, 7) is 10.0. The lowest BCUT2D eigenvalue weighted by molar-refractivity contribution is 0.621. The summed E-state index contributed by atoms with van der Waals surface area (Å²) in [5.74, 6) is 0. The topological polar surface area (TPSA) is 4.93 Å². The second kappa shape index (κ2) is 6.50. The number of aromatic nitrogens is 1. The SMILES string of the molecule is CC1(C)c2cccc3c2B2c4c1cc(-c1ccccc1)cc4C(C)(C)c1ccc4c5ccccc5n-3c4c12. The number of fused-ring (bicyclic) bond motifs is 4. The first-order valence-electron chi connectivity index (χ1n) is 13.8. The van der Waals surface area contributed by atoms with Gasteiger partial charge in [0.25, 0.3) is 0 Å². The molecule has 0 amide bonds. The van der Waals surface area contributed by atoms with Crippen LogP contribution in [0.5, 0.6) is 0 Å². The molecule has 0 saturated heterocycles. The van der Waals surface area contributed by atoms with Gasteiger partial charge in [0.1, 0.15) is 0 Å². The van der Waals surface area contributed by atoms with Crippen LogP contribution in [0.3, 0.4) is 0 Å². The first kappa shape index (κ1) is 21.0. The van der Waals surface area contributed by atoms with Gasteiger partial charge in [0, 0.05) is 32.8 Å². The molecule has 2 heteroatoms. The summed E-state index contributed by atoms with van der Waals surface area (Å²) >= 11 is 0. The van der Waals surface area contributed by atoms with Crippen molar-refractivity contribution in [3.8, 4) is 16.8 Å². The summed E-state index contributed by atoms with van der Waals surface area (Å²) in [7, 11) is 0. The summed E-state index contributed by atoms with van der Waals surface area (Å²) < 4.78 is 2.58. The van der Waals surface area contributed by atoms with Crippen molar-refractivity contribution < 1.29 is 0 Å². The minimum absolute atomic E-state index is 0.0986. The standard InChI is InChI=1S/C36H28BN/c1-35(2)25-14-10-16-30-32(25)37-31-27(35)19-22(21-11-6-5-7-12-21)20-28(31)36(3,4)26-18-17-24-23-13-8-9-15-29(23)38(30)34(24)33(26)37/h5-20H,1-4H3. The van der Waals surface area contributed by atoms with Crippen LogP contribution >= 0.6 is 0 Å². The Morgan fingerprint density at radius 2 is 1.21 bits per heavy atom. The van der Waals surface area contributed by atoms with Gasteiger partial charge in [-0.15, -0.1) is 0 Å². The third-order valence-electron chi connectivity index (χ3n) is 10.0. The predicted molar refractivity (Wildman–Crippen MR) is 162 cm³/mol. The summed E-state index contributed by atoms with van der Waals surface area (Å²) in [4.78, 5) is 0. The van der Waals surface area contributed by atoms with Gasteiger partial charge in [-0.3, -0.25) is 0 Å². The highest BCUT2D eigenvalue weighted by Gasteiger charge is 2.52. The third-order valence-corrected chi connectivity index (χ3v) is 10.0. The number of para-hydroxylation sites is 1. The highest BCUT2D eigenvalue weighted by atomic mass is 15.0. The second-order valence-electron chi connectivity index (χ2n) is 12.5. The molecular formula is C36H28BN. The van der Waals surface area contributed by atoms with Crippen molar-refractivity contribution in [2.75, 3.05) is 0 Å². The molecule has 0 radical (unpaired) electrons. The van der Waals surface area contributed by atoms with Gasteiger partial charge in [-0.1, -0.05) is 118 Å². The van der Waals surface area contributed by atoms with Crippen molar-refractivity contribution >= 4 is 44.9 Å². The summed E-state index contributed by atoms with van der Waals surface area (Å²) in [6, 6.07) is 36.8. The zero-order valence-corrected chi connectivity index (χ0v) is 22.3. The average molecular weight is 485 g/mol. The number of benzene rings is 5. The van der Waals surface area contributed by atoms with Crippen molar-refractivity contribution in [2.24, 2.45) is 0 Å². The molecule has 0 unspecified atom stereocenters. The van der Waals surface area contributed by atoms with E-state index in [-0.39, 0.29) is 17.5 Å². The van der Waals surface area contributed by atoms with Crippen LogP contribution in [0, 0.1) is 0 Å². The minimum atomic E-state index is -0.101. The summed E-state index contributed by atoms with van der Waals surface area (Å²) in [5, 5.41) is 2.73. The first-order chi connectivity index (χ1) is 18.4. The maximum absolute atomic E-state index is 2.58. The maximum atomic E-state index is 2.58. The van der Waals surface area contributed by atoms with Crippen molar-refractivity contribution in [2.45, 2.75) is 38.5 Å². The quantitative estimate of drug-likeness (QED) is 0.232. The Morgan fingerprint density at radius 1 is 0.526 bits per heavy atom. The lowest BCUT2D eigenvalue weighted by atomic mass is 9.26. The molecule has 9 rings (SSSR count). The molecule has 5 aromatic carbocycles. The number of nitrogens with zero attached hydrogens (tertiary/aromatic N) is 1. The second-order valence-corrected chi connectivity index (χ2v) is 12.5. The van der Waals surface area contributed by atoms with Crippen molar-refractivity contribution in [1.29, 1.82) is 0 Å². The van der Waals surface area contributed by atoms with Crippen LogP contribution in [0.25, 0.3) is 38.6 Å². The van der Waals surface area contributed by atoms with Gasteiger partial charge >= 0.3 is 0 Å². The molecule has 1 nitrogen and oxygen atoms in total. The Labute approximate surface area is 223 Å². The smallest absolute Gasteiger partial charge is 0.248 e. The molecule has 0 N–H and O–H groups in total. The normalized spacial score (nSPS) is 16.8. The zero-order chi connectivity index (χ0) is 25.6. The number of hydrogen-bond acceptors (Lipinski definition) is 0. The molecule has 180 valence electrons. The van der Waals surface area contributed by atoms with Gasteiger partial charge in [0.2, 0.25) is 6.71 Å². The molecule has 6 aromatic rings. The molecular weight excluding hydrogens is 457 g/mol. The van der Waals surface area contributed by atoms with Crippen LogP contribution in [-0.2, 0) is 10.8 Å². The lowest BCUT2D eigenvalue weighted by Gasteiger charge is -2.49. The van der Waals surface area contributed by atoms with E-state index in [9.17, 15) is 0 Å². The van der Waals surface area contributed by atoms with E-state index in [0.717, 1.165) is 0 Å². The molecule has 4 heterocycles. The summed E-state index contributed by atoms with van der Waals surface area (Å²) in [5.41, 5.74) is 17.0. The molecule has 0 aliphatic carbocycles. The number of rotatable bonds is 1. The largest absolute Gasteiger partial charge is 0.310 e. The van der Waals surface area contributed by atoms with Crippen molar-refractivity contribution in [3.05, 3.63) is 119 Å². The van der Waals surface area contributed by atoms with Crippen LogP contribution in [0.2, 0.25) is 0 Å². The van der Waals surface area contributed by atoms with Crippen LogP contribution < -0.4 is 16.4 Å². The van der Waals surface area contributed by atoms with E-state index in [1.807, 2.05) is 0 Å². The molecule has 0 saturated carbocycles. The van der Waals surface area contributed by atoms with E-state index in [2.05, 4.69) is 129 Å². The average Bonchev–Trinajstić information content (AvgIpc) is 3.28. The van der Waals surface area contributed by atoms with Crippen molar-refractivity contribution in [3.63, 3.8) is 0 Å². The Hall–Kier alpha value is -4.04. The van der Waals surface area contributed by atoms with Gasteiger partial charge in [-0.2, -0.15) is 0 Å².